The minimum Gasteiger partial charge on any atom is -0.313 e. The zero-order valence-electron chi connectivity index (χ0n) is 10.7. The summed E-state index contributed by atoms with van der Waals surface area (Å²) in [6, 6.07) is 10.5. The van der Waals surface area contributed by atoms with Gasteiger partial charge in [0.2, 0.25) is 0 Å². The maximum Gasteiger partial charge on any atom is 0.166 e. The number of aryl methyl sites for hydroxylation is 1. The third kappa shape index (κ3) is 2.04. The van der Waals surface area contributed by atoms with Crippen molar-refractivity contribution >= 4 is 0 Å². The molecule has 3 rings (SSSR count). The molecule has 0 aromatic heterocycles. The molecule has 2 aromatic rings. The molecule has 0 bridgehead atoms. The van der Waals surface area contributed by atoms with Crippen LogP contribution < -0.4 is 5.32 Å². The van der Waals surface area contributed by atoms with Gasteiger partial charge < -0.3 is 5.32 Å². The number of fused-ring (bicyclic) bond motifs is 1. The Labute approximate surface area is 111 Å². The Hall–Kier alpha value is -1.74. The quantitative estimate of drug-likeness (QED) is 0.864. The van der Waals surface area contributed by atoms with Crippen LogP contribution in [-0.4, -0.2) is 7.05 Å². The molecule has 0 amide bonds. The molecule has 0 aliphatic heterocycles. The van der Waals surface area contributed by atoms with E-state index >= 15 is 0 Å². The summed E-state index contributed by atoms with van der Waals surface area (Å²) in [5.41, 5.74) is 3.56. The third-order valence-electron chi connectivity index (χ3n) is 3.83. The molecule has 0 saturated heterocycles. The topological polar surface area (TPSA) is 12.0 Å². The van der Waals surface area contributed by atoms with Crippen LogP contribution in [0.2, 0.25) is 0 Å². The van der Waals surface area contributed by atoms with Gasteiger partial charge in [-0.2, -0.15) is 0 Å². The highest BCUT2D eigenvalue weighted by Crippen LogP contribution is 2.34. The summed E-state index contributed by atoms with van der Waals surface area (Å²) in [5.74, 6) is -1.57. The van der Waals surface area contributed by atoms with E-state index in [0.29, 0.717) is 11.6 Å². The number of nitrogens with one attached hydrogen (secondary N) is 1. The minimum atomic E-state index is -0.800. The van der Waals surface area contributed by atoms with E-state index in [2.05, 4.69) is 5.32 Å². The second-order valence-corrected chi connectivity index (χ2v) is 4.89. The maximum atomic E-state index is 13.8. The number of benzene rings is 2. The van der Waals surface area contributed by atoms with E-state index in [9.17, 15) is 8.78 Å². The normalized spacial score (nSPS) is 17.5. The molecule has 98 valence electrons. The predicted molar refractivity (Wildman–Crippen MR) is 71.9 cm³/mol. The van der Waals surface area contributed by atoms with Crippen LogP contribution in [-0.2, 0) is 6.42 Å². The van der Waals surface area contributed by atoms with Crippen molar-refractivity contribution in [1.29, 1.82) is 0 Å². The van der Waals surface area contributed by atoms with Gasteiger partial charge in [-0.1, -0.05) is 30.3 Å². The lowest BCUT2D eigenvalue weighted by molar-refractivity contribution is 0.511. The van der Waals surface area contributed by atoms with Gasteiger partial charge in [0.15, 0.2) is 11.6 Å². The SMILES string of the molecule is CNC1CCc2cc(-c3cccc(F)c3F)ccc21. The van der Waals surface area contributed by atoms with Crippen LogP contribution in [0.3, 0.4) is 0 Å². The van der Waals surface area contributed by atoms with E-state index in [-0.39, 0.29) is 0 Å². The lowest BCUT2D eigenvalue weighted by Gasteiger charge is -2.11. The van der Waals surface area contributed by atoms with Crippen LogP contribution >= 0.6 is 0 Å². The molecule has 0 radical (unpaired) electrons. The van der Waals surface area contributed by atoms with Crippen molar-refractivity contribution in [2.75, 3.05) is 7.05 Å². The molecule has 3 heteroatoms. The Morgan fingerprint density at radius 2 is 2.00 bits per heavy atom. The van der Waals surface area contributed by atoms with Gasteiger partial charge in [0.1, 0.15) is 0 Å². The molecular weight excluding hydrogens is 244 g/mol. The fourth-order valence-corrected chi connectivity index (χ4v) is 2.81. The van der Waals surface area contributed by atoms with E-state index < -0.39 is 11.6 Å². The molecule has 1 aliphatic rings. The predicted octanol–water partition coefficient (Wildman–Crippen LogP) is 3.84. The van der Waals surface area contributed by atoms with E-state index in [4.69, 9.17) is 0 Å². The Kier molecular flexibility index (Phi) is 3.07. The Morgan fingerprint density at radius 1 is 1.16 bits per heavy atom. The van der Waals surface area contributed by atoms with E-state index in [1.54, 1.807) is 6.07 Å². The Bertz CT molecular complexity index is 622. The molecule has 19 heavy (non-hydrogen) atoms. The lowest BCUT2D eigenvalue weighted by atomic mass is 9.99. The molecule has 1 atom stereocenters. The van der Waals surface area contributed by atoms with Crippen LogP contribution in [0, 0.1) is 11.6 Å². The van der Waals surface area contributed by atoms with Crippen molar-refractivity contribution in [3.8, 4) is 11.1 Å². The molecule has 1 unspecified atom stereocenters. The average molecular weight is 259 g/mol. The van der Waals surface area contributed by atoms with Gasteiger partial charge in [-0.15, -0.1) is 0 Å². The molecule has 1 aliphatic carbocycles. The first-order valence-electron chi connectivity index (χ1n) is 6.45. The number of hydrogen-bond acceptors (Lipinski definition) is 1. The fourth-order valence-electron chi connectivity index (χ4n) is 2.81. The largest absolute Gasteiger partial charge is 0.313 e. The second-order valence-electron chi connectivity index (χ2n) is 4.89. The first kappa shape index (κ1) is 12.3. The Balaban J connectivity index is 2.06. The van der Waals surface area contributed by atoms with Gasteiger partial charge in [-0.25, -0.2) is 8.78 Å². The van der Waals surface area contributed by atoms with Crippen molar-refractivity contribution in [3.05, 3.63) is 59.2 Å². The van der Waals surface area contributed by atoms with Crippen molar-refractivity contribution in [3.63, 3.8) is 0 Å². The molecule has 1 N–H and O–H groups in total. The van der Waals surface area contributed by atoms with Crippen LogP contribution in [0.5, 0.6) is 0 Å². The van der Waals surface area contributed by atoms with Crippen LogP contribution in [0.4, 0.5) is 8.78 Å². The summed E-state index contributed by atoms with van der Waals surface area (Å²) in [7, 11) is 1.94. The molecule has 0 spiro atoms. The minimum absolute atomic E-state index is 0.329. The van der Waals surface area contributed by atoms with Gasteiger partial charge in [-0.3, -0.25) is 0 Å². The van der Waals surface area contributed by atoms with E-state index in [1.807, 2.05) is 25.2 Å². The van der Waals surface area contributed by atoms with Crippen molar-refractivity contribution in [1.82, 2.24) is 5.32 Å². The Morgan fingerprint density at radius 3 is 2.79 bits per heavy atom. The van der Waals surface area contributed by atoms with Gasteiger partial charge >= 0.3 is 0 Å². The second kappa shape index (κ2) is 4.74. The third-order valence-corrected chi connectivity index (χ3v) is 3.83. The zero-order valence-corrected chi connectivity index (χ0v) is 10.7. The lowest BCUT2D eigenvalue weighted by Crippen LogP contribution is -2.12. The summed E-state index contributed by atoms with van der Waals surface area (Å²) in [4.78, 5) is 0. The molecule has 2 aromatic carbocycles. The van der Waals surface area contributed by atoms with Crippen molar-refractivity contribution in [2.45, 2.75) is 18.9 Å². The van der Waals surface area contributed by atoms with E-state index in [0.717, 1.165) is 24.5 Å². The summed E-state index contributed by atoms with van der Waals surface area (Å²) in [5, 5.41) is 3.27. The molecule has 0 fully saturated rings. The highest BCUT2D eigenvalue weighted by molar-refractivity contribution is 5.66. The molecule has 0 heterocycles. The first-order chi connectivity index (χ1) is 9.20. The van der Waals surface area contributed by atoms with Crippen molar-refractivity contribution in [2.24, 2.45) is 0 Å². The standard InChI is InChI=1S/C16H15F2N/c1-19-15-8-6-10-9-11(5-7-12(10)15)13-3-2-4-14(17)16(13)18/h2-5,7,9,15,19H,6,8H2,1H3. The summed E-state index contributed by atoms with van der Waals surface area (Å²) in [6.45, 7) is 0. The fraction of sp³-hybridized carbons (Fsp3) is 0.250. The van der Waals surface area contributed by atoms with Crippen LogP contribution in [0.1, 0.15) is 23.6 Å². The highest BCUT2D eigenvalue weighted by atomic mass is 19.2. The smallest absolute Gasteiger partial charge is 0.166 e. The molecule has 1 nitrogen and oxygen atoms in total. The number of hydrogen-bond donors (Lipinski definition) is 1. The van der Waals surface area contributed by atoms with E-state index in [1.165, 1.54) is 17.2 Å². The summed E-state index contributed by atoms with van der Waals surface area (Å²) in [6.07, 6.45) is 2.03. The maximum absolute atomic E-state index is 13.8. The summed E-state index contributed by atoms with van der Waals surface area (Å²) < 4.78 is 27.1. The first-order valence-corrected chi connectivity index (χ1v) is 6.45. The van der Waals surface area contributed by atoms with Gasteiger partial charge in [0.05, 0.1) is 0 Å². The average Bonchev–Trinajstić information content (AvgIpc) is 2.84. The number of rotatable bonds is 2. The zero-order chi connectivity index (χ0) is 13.4. The molecule has 0 saturated carbocycles. The van der Waals surface area contributed by atoms with Crippen LogP contribution in [0.25, 0.3) is 11.1 Å². The monoisotopic (exact) mass is 259 g/mol. The highest BCUT2D eigenvalue weighted by Gasteiger charge is 2.21. The van der Waals surface area contributed by atoms with Crippen LogP contribution in [0.15, 0.2) is 36.4 Å². The van der Waals surface area contributed by atoms with Gasteiger partial charge in [0.25, 0.3) is 0 Å². The summed E-state index contributed by atoms with van der Waals surface area (Å²) >= 11 is 0. The van der Waals surface area contributed by atoms with Gasteiger partial charge in [-0.05, 0) is 42.6 Å². The molecular formula is C16H15F2N. The van der Waals surface area contributed by atoms with Crippen molar-refractivity contribution < 1.29 is 8.78 Å². The number of halogens is 2. The van der Waals surface area contributed by atoms with Gasteiger partial charge in [0, 0.05) is 11.6 Å².